The van der Waals surface area contributed by atoms with Gasteiger partial charge in [0.1, 0.15) is 11.3 Å². The Labute approximate surface area is 149 Å². The Morgan fingerprint density at radius 2 is 2.00 bits per heavy atom. The van der Waals surface area contributed by atoms with E-state index in [4.69, 9.17) is 4.74 Å². The van der Waals surface area contributed by atoms with Crippen LogP contribution in [0.4, 0.5) is 5.69 Å². The van der Waals surface area contributed by atoms with Gasteiger partial charge in [0.15, 0.2) is 11.4 Å². The molecule has 0 bridgehead atoms. The standard InChI is InChI=1S/C19H15N5O2/c1-13-9-21-18-15(11-22-24(18)12-13)19(25)23-16-6-2-3-7-17(16)26-14-5-4-8-20-10-14/h2-12H,1H3,(H,23,25). The number of rotatable bonds is 4. The predicted molar refractivity (Wildman–Crippen MR) is 96.4 cm³/mol. The Morgan fingerprint density at radius 3 is 2.85 bits per heavy atom. The van der Waals surface area contributed by atoms with Crippen LogP contribution in [0.5, 0.6) is 11.5 Å². The molecular formula is C19H15N5O2. The number of fused-ring (bicyclic) bond motifs is 1. The first-order valence-corrected chi connectivity index (χ1v) is 7.99. The molecule has 0 fully saturated rings. The molecule has 26 heavy (non-hydrogen) atoms. The molecule has 3 aromatic heterocycles. The zero-order chi connectivity index (χ0) is 17.9. The summed E-state index contributed by atoms with van der Waals surface area (Å²) in [5.41, 5.74) is 2.40. The quantitative estimate of drug-likeness (QED) is 0.612. The number of aryl methyl sites for hydroxylation is 1. The van der Waals surface area contributed by atoms with Crippen molar-refractivity contribution in [3.63, 3.8) is 0 Å². The number of aromatic nitrogens is 4. The van der Waals surface area contributed by atoms with Crippen LogP contribution in [-0.2, 0) is 0 Å². The van der Waals surface area contributed by atoms with E-state index in [-0.39, 0.29) is 5.91 Å². The number of benzene rings is 1. The lowest BCUT2D eigenvalue weighted by Crippen LogP contribution is -2.12. The average Bonchev–Trinajstić information content (AvgIpc) is 3.07. The highest BCUT2D eigenvalue weighted by molar-refractivity contribution is 6.08. The van der Waals surface area contributed by atoms with Gasteiger partial charge < -0.3 is 10.1 Å². The van der Waals surface area contributed by atoms with Gasteiger partial charge in [0.05, 0.1) is 18.1 Å². The predicted octanol–water partition coefficient (Wildman–Crippen LogP) is 3.48. The third kappa shape index (κ3) is 3.10. The Morgan fingerprint density at radius 1 is 1.12 bits per heavy atom. The van der Waals surface area contributed by atoms with E-state index in [1.54, 1.807) is 47.4 Å². The summed E-state index contributed by atoms with van der Waals surface area (Å²) >= 11 is 0. The molecule has 0 aliphatic rings. The van der Waals surface area contributed by atoms with Crippen LogP contribution in [0.1, 0.15) is 15.9 Å². The summed E-state index contributed by atoms with van der Waals surface area (Å²) in [4.78, 5) is 21.0. The highest BCUT2D eigenvalue weighted by atomic mass is 16.5. The summed E-state index contributed by atoms with van der Waals surface area (Å²) in [6, 6.07) is 10.8. The van der Waals surface area contributed by atoms with Crippen molar-refractivity contribution in [3.05, 3.63) is 78.5 Å². The minimum atomic E-state index is -0.307. The average molecular weight is 345 g/mol. The van der Waals surface area contributed by atoms with E-state index >= 15 is 0 Å². The maximum atomic E-state index is 12.7. The Balaban J connectivity index is 1.61. The van der Waals surface area contributed by atoms with E-state index in [0.29, 0.717) is 28.4 Å². The lowest BCUT2D eigenvalue weighted by atomic mass is 10.2. The van der Waals surface area contributed by atoms with Crippen LogP contribution in [0.15, 0.2) is 67.4 Å². The van der Waals surface area contributed by atoms with Gasteiger partial charge in [-0.3, -0.25) is 9.78 Å². The summed E-state index contributed by atoms with van der Waals surface area (Å²) in [6.07, 6.45) is 8.30. The van der Waals surface area contributed by atoms with Gasteiger partial charge in [0.25, 0.3) is 5.91 Å². The topological polar surface area (TPSA) is 81.4 Å². The number of para-hydroxylation sites is 2. The fourth-order valence-corrected chi connectivity index (χ4v) is 2.51. The van der Waals surface area contributed by atoms with Crippen molar-refractivity contribution >= 4 is 17.2 Å². The summed E-state index contributed by atoms with van der Waals surface area (Å²) in [5.74, 6) is 0.801. The van der Waals surface area contributed by atoms with Gasteiger partial charge in [-0.05, 0) is 36.8 Å². The number of amides is 1. The Hall–Kier alpha value is -3.74. The van der Waals surface area contributed by atoms with Crippen molar-refractivity contribution in [2.24, 2.45) is 0 Å². The van der Waals surface area contributed by atoms with E-state index in [9.17, 15) is 4.79 Å². The van der Waals surface area contributed by atoms with Crippen molar-refractivity contribution in [2.75, 3.05) is 5.32 Å². The molecule has 0 atom stereocenters. The van der Waals surface area contributed by atoms with E-state index in [2.05, 4.69) is 20.4 Å². The van der Waals surface area contributed by atoms with Crippen LogP contribution in [0.2, 0.25) is 0 Å². The van der Waals surface area contributed by atoms with Gasteiger partial charge in [-0.15, -0.1) is 0 Å². The molecule has 7 heteroatoms. The van der Waals surface area contributed by atoms with Crippen molar-refractivity contribution in [2.45, 2.75) is 6.92 Å². The molecule has 0 saturated carbocycles. The van der Waals surface area contributed by atoms with Gasteiger partial charge in [-0.2, -0.15) is 5.10 Å². The molecule has 0 unspecified atom stereocenters. The normalized spacial score (nSPS) is 10.7. The van der Waals surface area contributed by atoms with Crippen molar-refractivity contribution in [3.8, 4) is 11.5 Å². The van der Waals surface area contributed by atoms with Gasteiger partial charge >= 0.3 is 0 Å². The molecule has 7 nitrogen and oxygen atoms in total. The number of hydrogen-bond acceptors (Lipinski definition) is 5. The number of nitrogens with zero attached hydrogens (tertiary/aromatic N) is 4. The molecule has 0 aliphatic heterocycles. The number of pyridine rings is 1. The van der Waals surface area contributed by atoms with Crippen LogP contribution in [0.25, 0.3) is 5.65 Å². The fraction of sp³-hybridized carbons (Fsp3) is 0.0526. The lowest BCUT2D eigenvalue weighted by Gasteiger charge is -2.11. The molecule has 128 valence electrons. The molecule has 4 rings (SSSR count). The molecule has 1 N–H and O–H groups in total. The maximum absolute atomic E-state index is 12.7. The second kappa shape index (κ2) is 6.64. The molecular weight excluding hydrogens is 330 g/mol. The largest absolute Gasteiger partial charge is 0.454 e. The number of anilines is 1. The number of hydrogen-bond donors (Lipinski definition) is 1. The van der Waals surface area contributed by atoms with E-state index in [1.807, 2.05) is 25.3 Å². The van der Waals surface area contributed by atoms with Crippen LogP contribution >= 0.6 is 0 Å². The van der Waals surface area contributed by atoms with Crippen LogP contribution in [0.3, 0.4) is 0 Å². The molecule has 0 spiro atoms. The van der Waals surface area contributed by atoms with E-state index in [0.717, 1.165) is 5.56 Å². The monoisotopic (exact) mass is 345 g/mol. The fourth-order valence-electron chi connectivity index (χ4n) is 2.51. The smallest absolute Gasteiger partial charge is 0.261 e. The van der Waals surface area contributed by atoms with Crippen molar-refractivity contribution < 1.29 is 9.53 Å². The second-order valence-electron chi connectivity index (χ2n) is 5.70. The zero-order valence-electron chi connectivity index (χ0n) is 14.0. The van der Waals surface area contributed by atoms with Crippen LogP contribution < -0.4 is 10.1 Å². The highest BCUT2D eigenvalue weighted by Crippen LogP contribution is 2.29. The van der Waals surface area contributed by atoms with Crippen LogP contribution in [-0.4, -0.2) is 25.5 Å². The molecule has 4 aromatic rings. The van der Waals surface area contributed by atoms with Gasteiger partial charge in [-0.1, -0.05) is 12.1 Å². The van der Waals surface area contributed by atoms with Crippen molar-refractivity contribution in [1.29, 1.82) is 0 Å². The molecule has 0 radical (unpaired) electrons. The van der Waals surface area contributed by atoms with Crippen LogP contribution in [0, 0.1) is 6.92 Å². The van der Waals surface area contributed by atoms with Crippen molar-refractivity contribution in [1.82, 2.24) is 19.6 Å². The first-order valence-electron chi connectivity index (χ1n) is 7.99. The van der Waals surface area contributed by atoms with Gasteiger partial charge in [-0.25, -0.2) is 9.50 Å². The first-order chi connectivity index (χ1) is 12.7. The molecule has 0 aliphatic carbocycles. The minimum Gasteiger partial charge on any atom is -0.454 e. The highest BCUT2D eigenvalue weighted by Gasteiger charge is 2.16. The SMILES string of the molecule is Cc1cnc2c(C(=O)Nc3ccccc3Oc3cccnc3)cnn2c1. The number of carbonyl (C=O) groups is 1. The van der Waals surface area contributed by atoms with E-state index < -0.39 is 0 Å². The third-order valence-corrected chi connectivity index (χ3v) is 3.73. The third-order valence-electron chi connectivity index (χ3n) is 3.73. The Kier molecular flexibility index (Phi) is 4.03. The van der Waals surface area contributed by atoms with Gasteiger partial charge in [0, 0.05) is 18.6 Å². The molecule has 1 aromatic carbocycles. The van der Waals surface area contributed by atoms with Gasteiger partial charge in [0.2, 0.25) is 0 Å². The Bertz CT molecular complexity index is 1080. The zero-order valence-corrected chi connectivity index (χ0v) is 14.0. The summed E-state index contributed by atoms with van der Waals surface area (Å²) in [5, 5.41) is 7.05. The minimum absolute atomic E-state index is 0.307. The lowest BCUT2D eigenvalue weighted by molar-refractivity contribution is 0.102. The summed E-state index contributed by atoms with van der Waals surface area (Å²) < 4.78 is 7.40. The molecule has 3 heterocycles. The molecule has 0 saturated heterocycles. The summed E-state index contributed by atoms with van der Waals surface area (Å²) in [6.45, 7) is 1.92. The number of nitrogens with one attached hydrogen (secondary N) is 1. The first kappa shape index (κ1) is 15.8. The van der Waals surface area contributed by atoms with E-state index in [1.165, 1.54) is 6.20 Å². The second-order valence-corrected chi connectivity index (χ2v) is 5.70. The maximum Gasteiger partial charge on any atom is 0.261 e. The molecule has 1 amide bonds. The number of ether oxygens (including phenoxy) is 1. The summed E-state index contributed by atoms with van der Waals surface area (Å²) in [7, 11) is 0. The number of carbonyl (C=O) groups excluding carboxylic acids is 1.